The van der Waals surface area contributed by atoms with Gasteiger partial charge in [0, 0.05) is 23.4 Å². The van der Waals surface area contributed by atoms with Gasteiger partial charge in [-0.3, -0.25) is 9.48 Å². The molecule has 0 saturated carbocycles. The van der Waals surface area contributed by atoms with Gasteiger partial charge in [-0.2, -0.15) is 5.10 Å². The summed E-state index contributed by atoms with van der Waals surface area (Å²) in [4.78, 5) is 13.5. The summed E-state index contributed by atoms with van der Waals surface area (Å²) in [5.41, 5.74) is 1.86. The third-order valence-corrected chi connectivity index (χ3v) is 4.44. The lowest BCUT2D eigenvalue weighted by atomic mass is 10.1. The van der Waals surface area contributed by atoms with Gasteiger partial charge in [-0.25, -0.2) is 0 Å². The number of nitrogens with zero attached hydrogens (tertiary/aromatic N) is 2. The second-order valence-corrected chi connectivity index (χ2v) is 5.97. The molecule has 0 aliphatic carbocycles. The number of rotatable bonds is 3. The number of para-hydroxylation sites is 1. The Balaban J connectivity index is 1.72. The van der Waals surface area contributed by atoms with Gasteiger partial charge in [-0.05, 0) is 25.1 Å². The minimum Gasteiger partial charge on any atom is -0.481 e. The number of aryl methyl sites for hydroxylation is 2. The Kier molecular flexibility index (Phi) is 3.53. The third-order valence-electron chi connectivity index (χ3n) is 3.32. The van der Waals surface area contributed by atoms with E-state index < -0.39 is 0 Å². The van der Waals surface area contributed by atoms with Crippen LogP contribution >= 0.6 is 11.8 Å². The quantitative estimate of drug-likeness (QED) is 0.870. The zero-order valence-corrected chi connectivity index (χ0v) is 12.3. The zero-order valence-electron chi connectivity index (χ0n) is 11.5. The number of hydrogen-bond donors (Lipinski definition) is 0. The fourth-order valence-corrected chi connectivity index (χ4v) is 3.32. The number of benzene rings is 1. The smallest absolute Gasteiger partial charge is 0.180 e. The van der Waals surface area contributed by atoms with Crippen LogP contribution in [-0.4, -0.2) is 27.4 Å². The number of thioether (sulfide) groups is 1. The van der Waals surface area contributed by atoms with Crippen molar-refractivity contribution in [1.29, 1.82) is 0 Å². The van der Waals surface area contributed by atoms with Crippen molar-refractivity contribution < 1.29 is 9.53 Å². The highest BCUT2D eigenvalue weighted by molar-refractivity contribution is 7.99. The molecule has 1 unspecified atom stereocenters. The van der Waals surface area contributed by atoms with Crippen LogP contribution in [0.2, 0.25) is 0 Å². The number of aromatic nitrogens is 2. The third kappa shape index (κ3) is 2.58. The number of hydrogen-bond acceptors (Lipinski definition) is 4. The van der Waals surface area contributed by atoms with Crippen LogP contribution in [0.1, 0.15) is 11.4 Å². The van der Waals surface area contributed by atoms with E-state index in [2.05, 4.69) is 5.10 Å². The molecule has 5 heteroatoms. The SMILES string of the molecule is Cc1cc(CC(=O)C2CSc3ccccc3O2)n(C)n1. The van der Waals surface area contributed by atoms with Crippen LogP contribution in [0.3, 0.4) is 0 Å². The molecule has 0 saturated heterocycles. The summed E-state index contributed by atoms with van der Waals surface area (Å²) < 4.78 is 7.57. The molecule has 1 aromatic heterocycles. The molecule has 1 aliphatic rings. The van der Waals surface area contributed by atoms with Crippen LogP contribution in [0.5, 0.6) is 5.75 Å². The van der Waals surface area contributed by atoms with Crippen LogP contribution in [0.4, 0.5) is 0 Å². The van der Waals surface area contributed by atoms with Gasteiger partial charge in [0.15, 0.2) is 11.9 Å². The average Bonchev–Trinajstić information content (AvgIpc) is 2.76. The van der Waals surface area contributed by atoms with Crippen LogP contribution < -0.4 is 4.74 Å². The second kappa shape index (κ2) is 5.32. The van der Waals surface area contributed by atoms with E-state index in [0.29, 0.717) is 12.2 Å². The summed E-state index contributed by atoms with van der Waals surface area (Å²) in [6.45, 7) is 1.93. The van der Waals surface area contributed by atoms with Crippen LogP contribution in [0, 0.1) is 6.92 Å². The van der Waals surface area contributed by atoms with E-state index in [9.17, 15) is 4.79 Å². The highest BCUT2D eigenvalue weighted by Crippen LogP contribution is 2.35. The molecule has 1 aliphatic heterocycles. The predicted molar refractivity (Wildman–Crippen MR) is 78.2 cm³/mol. The number of carbonyl (C=O) groups is 1. The number of carbonyl (C=O) groups excluding carboxylic acids is 1. The van der Waals surface area contributed by atoms with Crippen molar-refractivity contribution in [2.24, 2.45) is 7.05 Å². The maximum absolute atomic E-state index is 12.4. The largest absolute Gasteiger partial charge is 0.481 e. The Morgan fingerprint density at radius 2 is 2.30 bits per heavy atom. The zero-order chi connectivity index (χ0) is 14.1. The lowest BCUT2D eigenvalue weighted by Gasteiger charge is -2.24. The monoisotopic (exact) mass is 288 g/mol. The Labute approximate surface area is 122 Å². The predicted octanol–water partition coefficient (Wildman–Crippen LogP) is 2.39. The summed E-state index contributed by atoms with van der Waals surface area (Å²) in [7, 11) is 1.86. The first kappa shape index (κ1) is 13.2. The highest BCUT2D eigenvalue weighted by Gasteiger charge is 2.27. The number of fused-ring (bicyclic) bond motifs is 1. The van der Waals surface area contributed by atoms with E-state index >= 15 is 0 Å². The van der Waals surface area contributed by atoms with Crippen molar-refractivity contribution in [2.45, 2.75) is 24.3 Å². The first-order valence-electron chi connectivity index (χ1n) is 6.54. The van der Waals surface area contributed by atoms with Gasteiger partial charge in [0.05, 0.1) is 12.1 Å². The normalized spacial score (nSPS) is 17.4. The maximum Gasteiger partial charge on any atom is 0.180 e. The molecule has 0 bridgehead atoms. The summed E-state index contributed by atoms with van der Waals surface area (Å²) in [6.07, 6.45) is -0.00446. The first-order valence-corrected chi connectivity index (χ1v) is 7.53. The molecule has 0 spiro atoms. The summed E-state index contributed by atoms with van der Waals surface area (Å²) in [5.74, 6) is 1.59. The van der Waals surface area contributed by atoms with Gasteiger partial charge in [0.2, 0.25) is 0 Å². The molecule has 20 heavy (non-hydrogen) atoms. The van der Waals surface area contributed by atoms with E-state index in [0.717, 1.165) is 22.0 Å². The Hall–Kier alpha value is -1.75. The van der Waals surface area contributed by atoms with Gasteiger partial charge >= 0.3 is 0 Å². The van der Waals surface area contributed by atoms with Gasteiger partial charge < -0.3 is 4.74 Å². The molecule has 0 fully saturated rings. The van der Waals surface area contributed by atoms with Gasteiger partial charge in [0.1, 0.15) is 5.75 Å². The van der Waals surface area contributed by atoms with Crippen LogP contribution in [-0.2, 0) is 18.3 Å². The average molecular weight is 288 g/mol. The fraction of sp³-hybridized carbons (Fsp3) is 0.333. The molecule has 3 rings (SSSR count). The maximum atomic E-state index is 12.4. The van der Waals surface area contributed by atoms with Gasteiger partial charge in [-0.15, -0.1) is 11.8 Å². The molecule has 2 heterocycles. The van der Waals surface area contributed by atoms with Crippen molar-refractivity contribution in [2.75, 3.05) is 5.75 Å². The summed E-state index contributed by atoms with van der Waals surface area (Å²) >= 11 is 1.68. The lowest BCUT2D eigenvalue weighted by Crippen LogP contribution is -2.33. The van der Waals surface area contributed by atoms with Crippen molar-refractivity contribution >= 4 is 17.5 Å². The molecule has 1 aromatic carbocycles. The van der Waals surface area contributed by atoms with Crippen molar-refractivity contribution in [3.05, 3.63) is 41.7 Å². The standard InChI is InChI=1S/C15H16N2O2S/c1-10-7-11(17(2)16-10)8-12(18)14-9-20-15-6-4-3-5-13(15)19-14/h3-7,14H,8-9H2,1-2H3. The van der Waals surface area contributed by atoms with Crippen molar-refractivity contribution in [3.63, 3.8) is 0 Å². The second-order valence-electron chi connectivity index (χ2n) is 4.91. The fourth-order valence-electron chi connectivity index (χ4n) is 2.30. The summed E-state index contributed by atoms with van der Waals surface area (Å²) in [6, 6.07) is 9.79. The summed E-state index contributed by atoms with van der Waals surface area (Å²) in [5, 5.41) is 4.26. The van der Waals surface area contributed by atoms with E-state index in [1.54, 1.807) is 16.4 Å². The Morgan fingerprint density at radius 3 is 3.05 bits per heavy atom. The molecule has 1 atom stereocenters. The van der Waals surface area contributed by atoms with Crippen LogP contribution in [0.25, 0.3) is 0 Å². The molecule has 0 radical (unpaired) electrons. The number of ether oxygens (including phenoxy) is 1. The minimum absolute atomic E-state index is 0.106. The molecule has 0 N–H and O–H groups in total. The molecule has 4 nitrogen and oxygen atoms in total. The molecular weight excluding hydrogens is 272 g/mol. The van der Waals surface area contributed by atoms with E-state index in [1.807, 2.05) is 44.3 Å². The molecule has 104 valence electrons. The van der Waals surface area contributed by atoms with Gasteiger partial charge in [0.25, 0.3) is 0 Å². The molecular formula is C15H16N2O2S. The van der Waals surface area contributed by atoms with E-state index in [4.69, 9.17) is 4.74 Å². The van der Waals surface area contributed by atoms with E-state index in [-0.39, 0.29) is 11.9 Å². The molecule has 2 aromatic rings. The van der Waals surface area contributed by atoms with Crippen LogP contribution in [0.15, 0.2) is 35.2 Å². The number of Topliss-reactive ketones (excluding diaryl/α,β-unsaturated/α-hetero) is 1. The van der Waals surface area contributed by atoms with E-state index in [1.165, 1.54) is 0 Å². The lowest BCUT2D eigenvalue weighted by molar-refractivity contribution is -0.124. The highest BCUT2D eigenvalue weighted by atomic mass is 32.2. The first-order chi connectivity index (χ1) is 9.63. The van der Waals surface area contributed by atoms with Crippen molar-refractivity contribution in [3.8, 4) is 5.75 Å². The van der Waals surface area contributed by atoms with Crippen molar-refractivity contribution in [1.82, 2.24) is 9.78 Å². The number of ketones is 1. The topological polar surface area (TPSA) is 44.1 Å². The minimum atomic E-state index is -0.370. The Morgan fingerprint density at radius 1 is 1.50 bits per heavy atom. The Bertz CT molecular complexity index is 651. The molecule has 0 amide bonds. The van der Waals surface area contributed by atoms with Gasteiger partial charge in [-0.1, -0.05) is 12.1 Å².